The first-order chi connectivity index (χ1) is 12.0. The number of carbonyl (C=O) groups excluding carboxylic acids is 2. The molecule has 2 aromatic carbocycles. The SMILES string of the molecule is C=CCN(C(=O)CCNC(=O)c1ccc(F)cc1F)c1ccccc1. The third-order valence-electron chi connectivity index (χ3n) is 3.48. The smallest absolute Gasteiger partial charge is 0.254 e. The fourth-order valence-corrected chi connectivity index (χ4v) is 2.28. The molecule has 6 heteroatoms. The Morgan fingerprint density at radius 2 is 1.84 bits per heavy atom. The molecular weight excluding hydrogens is 326 g/mol. The molecule has 0 spiro atoms. The fraction of sp³-hybridized carbons (Fsp3) is 0.158. The summed E-state index contributed by atoms with van der Waals surface area (Å²) in [5, 5.41) is 2.46. The van der Waals surface area contributed by atoms with E-state index in [0.717, 1.165) is 17.8 Å². The van der Waals surface area contributed by atoms with Crippen molar-refractivity contribution in [3.05, 3.63) is 78.4 Å². The van der Waals surface area contributed by atoms with Crippen LogP contribution in [0, 0.1) is 11.6 Å². The number of anilines is 1. The number of nitrogens with zero attached hydrogens (tertiary/aromatic N) is 1. The average Bonchev–Trinajstić information content (AvgIpc) is 2.60. The lowest BCUT2D eigenvalue weighted by Crippen LogP contribution is -2.35. The molecule has 0 saturated heterocycles. The summed E-state index contributed by atoms with van der Waals surface area (Å²) >= 11 is 0. The van der Waals surface area contributed by atoms with Crippen LogP contribution in [0.4, 0.5) is 14.5 Å². The zero-order chi connectivity index (χ0) is 18.2. The van der Waals surface area contributed by atoms with Crippen LogP contribution >= 0.6 is 0 Å². The zero-order valence-corrected chi connectivity index (χ0v) is 13.5. The van der Waals surface area contributed by atoms with Gasteiger partial charge in [-0.1, -0.05) is 24.3 Å². The number of carbonyl (C=O) groups is 2. The highest BCUT2D eigenvalue weighted by Crippen LogP contribution is 2.14. The topological polar surface area (TPSA) is 49.4 Å². The molecule has 0 aliphatic rings. The predicted octanol–water partition coefficient (Wildman–Crippen LogP) is 3.30. The van der Waals surface area contributed by atoms with Gasteiger partial charge in [0.15, 0.2) is 0 Å². The van der Waals surface area contributed by atoms with E-state index in [4.69, 9.17) is 0 Å². The predicted molar refractivity (Wildman–Crippen MR) is 92.3 cm³/mol. The summed E-state index contributed by atoms with van der Waals surface area (Å²) in [4.78, 5) is 25.8. The third kappa shape index (κ3) is 4.97. The van der Waals surface area contributed by atoms with E-state index in [1.165, 1.54) is 4.90 Å². The number of hydrogen-bond acceptors (Lipinski definition) is 2. The van der Waals surface area contributed by atoms with Crippen molar-refractivity contribution in [1.29, 1.82) is 0 Å². The van der Waals surface area contributed by atoms with Crippen molar-refractivity contribution in [2.45, 2.75) is 6.42 Å². The van der Waals surface area contributed by atoms with Gasteiger partial charge < -0.3 is 10.2 Å². The number of halogens is 2. The molecule has 0 bridgehead atoms. The van der Waals surface area contributed by atoms with E-state index < -0.39 is 17.5 Å². The molecule has 0 radical (unpaired) electrons. The normalized spacial score (nSPS) is 10.2. The Balaban J connectivity index is 1.94. The fourth-order valence-electron chi connectivity index (χ4n) is 2.28. The van der Waals surface area contributed by atoms with E-state index in [1.807, 2.05) is 18.2 Å². The lowest BCUT2D eigenvalue weighted by molar-refractivity contribution is -0.118. The lowest BCUT2D eigenvalue weighted by Gasteiger charge is -2.21. The molecule has 0 aromatic heterocycles. The second-order valence-corrected chi connectivity index (χ2v) is 5.26. The Morgan fingerprint density at radius 1 is 1.12 bits per heavy atom. The van der Waals surface area contributed by atoms with Gasteiger partial charge >= 0.3 is 0 Å². The van der Waals surface area contributed by atoms with Gasteiger partial charge in [-0.25, -0.2) is 8.78 Å². The maximum absolute atomic E-state index is 13.5. The van der Waals surface area contributed by atoms with E-state index in [2.05, 4.69) is 11.9 Å². The Kier molecular flexibility index (Phi) is 6.39. The van der Waals surface area contributed by atoms with Gasteiger partial charge in [-0.3, -0.25) is 9.59 Å². The van der Waals surface area contributed by atoms with Crippen molar-refractivity contribution in [3.63, 3.8) is 0 Å². The first-order valence-corrected chi connectivity index (χ1v) is 7.72. The summed E-state index contributed by atoms with van der Waals surface area (Å²) in [6.45, 7) is 4.01. The van der Waals surface area contributed by atoms with Gasteiger partial charge in [0.25, 0.3) is 5.91 Å². The molecule has 1 N–H and O–H groups in total. The summed E-state index contributed by atoms with van der Waals surface area (Å²) in [7, 11) is 0. The van der Waals surface area contributed by atoms with Crippen LogP contribution in [0.1, 0.15) is 16.8 Å². The maximum atomic E-state index is 13.5. The minimum Gasteiger partial charge on any atom is -0.351 e. The Hall–Kier alpha value is -3.02. The Bertz CT molecular complexity index is 763. The number of para-hydroxylation sites is 1. The highest BCUT2D eigenvalue weighted by Gasteiger charge is 2.16. The minimum absolute atomic E-state index is 0.0367. The quantitative estimate of drug-likeness (QED) is 0.784. The first kappa shape index (κ1) is 18.3. The van der Waals surface area contributed by atoms with Crippen LogP contribution in [0.2, 0.25) is 0 Å². The van der Waals surface area contributed by atoms with Crippen LogP contribution in [0.25, 0.3) is 0 Å². The van der Waals surface area contributed by atoms with E-state index >= 15 is 0 Å². The standard InChI is InChI=1S/C19H18F2N2O2/c1-2-12-23(15-6-4-3-5-7-15)18(24)10-11-22-19(25)16-9-8-14(20)13-17(16)21/h2-9,13H,1,10-12H2,(H,22,25). The number of benzene rings is 2. The van der Waals surface area contributed by atoms with E-state index in [-0.39, 0.29) is 24.4 Å². The molecule has 0 aliphatic heterocycles. The number of amides is 2. The minimum atomic E-state index is -0.943. The van der Waals surface area contributed by atoms with Crippen LogP contribution in [-0.4, -0.2) is 24.9 Å². The van der Waals surface area contributed by atoms with Crippen LogP contribution < -0.4 is 10.2 Å². The number of rotatable bonds is 7. The number of hydrogen-bond donors (Lipinski definition) is 1. The Labute approximate surface area is 144 Å². The Morgan fingerprint density at radius 3 is 2.48 bits per heavy atom. The molecule has 0 saturated carbocycles. The molecule has 2 amide bonds. The summed E-state index contributed by atoms with van der Waals surface area (Å²) in [5.41, 5.74) is 0.461. The molecule has 0 atom stereocenters. The van der Waals surface area contributed by atoms with Gasteiger partial charge in [0, 0.05) is 31.3 Å². The summed E-state index contributed by atoms with van der Waals surface area (Å²) < 4.78 is 26.4. The second-order valence-electron chi connectivity index (χ2n) is 5.26. The molecule has 25 heavy (non-hydrogen) atoms. The molecule has 2 aromatic rings. The second kappa shape index (κ2) is 8.73. The van der Waals surface area contributed by atoms with Crippen molar-refractivity contribution >= 4 is 17.5 Å². The lowest BCUT2D eigenvalue weighted by atomic mass is 10.2. The first-order valence-electron chi connectivity index (χ1n) is 7.72. The monoisotopic (exact) mass is 344 g/mol. The molecular formula is C19H18F2N2O2. The molecule has 130 valence electrons. The van der Waals surface area contributed by atoms with E-state index in [9.17, 15) is 18.4 Å². The number of nitrogens with one attached hydrogen (secondary N) is 1. The van der Waals surface area contributed by atoms with Gasteiger partial charge in [0.05, 0.1) is 5.56 Å². The summed E-state index contributed by atoms with van der Waals surface area (Å²) in [5.74, 6) is -2.60. The van der Waals surface area contributed by atoms with Gasteiger partial charge in [-0.2, -0.15) is 0 Å². The molecule has 4 nitrogen and oxygen atoms in total. The molecule has 0 aliphatic carbocycles. The van der Waals surface area contributed by atoms with Crippen molar-refractivity contribution in [2.75, 3.05) is 18.0 Å². The van der Waals surface area contributed by atoms with Crippen LogP contribution in [-0.2, 0) is 4.79 Å². The van der Waals surface area contributed by atoms with E-state index in [0.29, 0.717) is 12.6 Å². The molecule has 0 unspecified atom stereocenters. The van der Waals surface area contributed by atoms with Gasteiger partial charge in [0.2, 0.25) is 5.91 Å². The van der Waals surface area contributed by atoms with Crippen molar-refractivity contribution in [1.82, 2.24) is 5.32 Å². The van der Waals surface area contributed by atoms with Crippen molar-refractivity contribution in [3.8, 4) is 0 Å². The van der Waals surface area contributed by atoms with E-state index in [1.54, 1.807) is 18.2 Å². The highest BCUT2D eigenvalue weighted by atomic mass is 19.1. The average molecular weight is 344 g/mol. The maximum Gasteiger partial charge on any atom is 0.254 e. The molecule has 0 fully saturated rings. The van der Waals surface area contributed by atoms with Crippen LogP contribution in [0.3, 0.4) is 0 Å². The summed E-state index contributed by atoms with van der Waals surface area (Å²) in [6, 6.07) is 11.8. The van der Waals surface area contributed by atoms with Crippen LogP contribution in [0.15, 0.2) is 61.2 Å². The van der Waals surface area contributed by atoms with Gasteiger partial charge in [-0.05, 0) is 24.3 Å². The summed E-state index contributed by atoms with van der Waals surface area (Å²) in [6.07, 6.45) is 1.65. The third-order valence-corrected chi connectivity index (χ3v) is 3.48. The molecule has 2 rings (SSSR count). The van der Waals surface area contributed by atoms with Crippen molar-refractivity contribution in [2.24, 2.45) is 0 Å². The van der Waals surface area contributed by atoms with Crippen LogP contribution in [0.5, 0.6) is 0 Å². The zero-order valence-electron chi connectivity index (χ0n) is 13.5. The van der Waals surface area contributed by atoms with Gasteiger partial charge in [-0.15, -0.1) is 6.58 Å². The van der Waals surface area contributed by atoms with Crippen molar-refractivity contribution < 1.29 is 18.4 Å². The molecule has 0 heterocycles. The largest absolute Gasteiger partial charge is 0.351 e. The van der Waals surface area contributed by atoms with Gasteiger partial charge in [0.1, 0.15) is 11.6 Å². The highest BCUT2D eigenvalue weighted by molar-refractivity contribution is 5.96.